The number of alkyl halides is 6. The Kier molecular flexibility index (Phi) is 7.30. The quantitative estimate of drug-likeness (QED) is 0.514. The number of sulfonamides is 1. The van der Waals surface area contributed by atoms with Crippen molar-refractivity contribution in [3.05, 3.63) is 47.5 Å². The predicted octanol–water partition coefficient (Wildman–Crippen LogP) is 4.35. The Balaban J connectivity index is 2.54. The fourth-order valence-corrected chi connectivity index (χ4v) is 3.30. The first-order valence-electron chi connectivity index (χ1n) is 8.27. The standard InChI is InChI=1S/C17H11F8NO6S/c18-12-10(31-6-16(20,21)22)5-11(32-7-17(23,24)25)13(19)14(12)26-33(29,30)9-3-1-2-8(4-9)15(27)28/h1-5,26H,6-7H2,(H,27,28). The van der Waals surface area contributed by atoms with Crippen LogP contribution in [0.25, 0.3) is 0 Å². The fraction of sp³-hybridized carbons (Fsp3) is 0.235. The molecule has 0 atom stereocenters. The number of nitrogens with one attached hydrogen (secondary N) is 1. The molecule has 182 valence electrons. The molecule has 2 N–H and O–H groups in total. The van der Waals surface area contributed by atoms with Gasteiger partial charge in [-0.2, -0.15) is 26.3 Å². The van der Waals surface area contributed by atoms with E-state index < -0.39 is 80.8 Å². The van der Waals surface area contributed by atoms with Gasteiger partial charge in [0.25, 0.3) is 10.0 Å². The van der Waals surface area contributed by atoms with E-state index in [2.05, 4.69) is 9.47 Å². The zero-order valence-electron chi connectivity index (χ0n) is 15.7. The molecule has 2 aromatic rings. The van der Waals surface area contributed by atoms with Crippen LogP contribution in [0.1, 0.15) is 10.4 Å². The molecule has 0 heterocycles. The van der Waals surface area contributed by atoms with Gasteiger partial charge in [-0.05, 0) is 18.2 Å². The van der Waals surface area contributed by atoms with Gasteiger partial charge >= 0.3 is 18.3 Å². The number of carbonyl (C=O) groups is 1. The molecule has 7 nitrogen and oxygen atoms in total. The highest BCUT2D eigenvalue weighted by molar-refractivity contribution is 7.92. The van der Waals surface area contributed by atoms with Crippen LogP contribution < -0.4 is 14.2 Å². The lowest BCUT2D eigenvalue weighted by atomic mass is 10.2. The molecule has 0 bridgehead atoms. The van der Waals surface area contributed by atoms with Gasteiger partial charge < -0.3 is 14.6 Å². The number of carboxylic acids is 1. The summed E-state index contributed by atoms with van der Waals surface area (Å²) in [4.78, 5) is 10.2. The highest BCUT2D eigenvalue weighted by Crippen LogP contribution is 2.37. The van der Waals surface area contributed by atoms with Crippen LogP contribution in [0.3, 0.4) is 0 Å². The Morgan fingerprint density at radius 3 is 1.82 bits per heavy atom. The van der Waals surface area contributed by atoms with Crippen molar-refractivity contribution in [2.24, 2.45) is 0 Å². The van der Waals surface area contributed by atoms with Crippen molar-refractivity contribution in [1.82, 2.24) is 0 Å². The van der Waals surface area contributed by atoms with Crippen molar-refractivity contribution in [2.45, 2.75) is 17.2 Å². The van der Waals surface area contributed by atoms with Crippen molar-refractivity contribution in [3.8, 4) is 11.5 Å². The minimum Gasteiger partial charge on any atom is -0.481 e. The lowest BCUT2D eigenvalue weighted by Crippen LogP contribution is -2.22. The lowest BCUT2D eigenvalue weighted by Gasteiger charge is -2.17. The molecule has 0 amide bonds. The summed E-state index contributed by atoms with van der Waals surface area (Å²) < 4.78 is 138. The van der Waals surface area contributed by atoms with E-state index in [0.29, 0.717) is 6.07 Å². The summed E-state index contributed by atoms with van der Waals surface area (Å²) in [5, 5.41) is 8.92. The minimum atomic E-state index is -5.04. The highest BCUT2D eigenvalue weighted by Gasteiger charge is 2.33. The van der Waals surface area contributed by atoms with Crippen molar-refractivity contribution in [1.29, 1.82) is 0 Å². The van der Waals surface area contributed by atoms with E-state index in [9.17, 15) is 48.3 Å². The van der Waals surface area contributed by atoms with Crippen molar-refractivity contribution in [3.63, 3.8) is 0 Å². The molecule has 0 radical (unpaired) electrons. The first-order chi connectivity index (χ1) is 15.0. The maximum Gasteiger partial charge on any atom is 0.422 e. The van der Waals surface area contributed by atoms with E-state index in [4.69, 9.17) is 5.11 Å². The summed E-state index contributed by atoms with van der Waals surface area (Å²) in [7, 11) is -4.98. The van der Waals surface area contributed by atoms with Crippen LogP contribution in [-0.4, -0.2) is 45.1 Å². The molecule has 0 fully saturated rings. The SMILES string of the molecule is O=C(O)c1cccc(S(=O)(=O)Nc2c(F)c(OCC(F)(F)F)cc(OCC(F)(F)F)c2F)c1. The molecule has 33 heavy (non-hydrogen) atoms. The molecule has 0 aromatic heterocycles. The van der Waals surface area contributed by atoms with Gasteiger partial charge in [0.15, 0.2) is 36.3 Å². The summed E-state index contributed by atoms with van der Waals surface area (Å²) in [6, 6.07) is 3.40. The number of hydrogen-bond donors (Lipinski definition) is 2. The van der Waals surface area contributed by atoms with E-state index in [1.165, 1.54) is 4.72 Å². The van der Waals surface area contributed by atoms with Crippen LogP contribution in [0.4, 0.5) is 40.8 Å². The van der Waals surface area contributed by atoms with E-state index in [1.807, 2.05) is 0 Å². The van der Waals surface area contributed by atoms with Gasteiger partial charge in [-0.15, -0.1) is 0 Å². The normalized spacial score (nSPS) is 12.4. The Hall–Kier alpha value is -3.30. The Morgan fingerprint density at radius 2 is 1.39 bits per heavy atom. The molecular formula is C17H11F8NO6S. The number of ether oxygens (including phenoxy) is 2. The zero-order chi connectivity index (χ0) is 25.2. The van der Waals surface area contributed by atoms with E-state index >= 15 is 0 Å². The molecule has 16 heteroatoms. The van der Waals surface area contributed by atoms with Gasteiger partial charge in [-0.3, -0.25) is 4.72 Å². The molecular weight excluding hydrogens is 498 g/mol. The molecule has 0 aliphatic carbocycles. The second kappa shape index (κ2) is 9.29. The second-order valence-electron chi connectivity index (χ2n) is 6.12. The van der Waals surface area contributed by atoms with Crippen molar-refractivity contribution < 1.29 is 62.9 Å². The number of aromatic carboxylic acids is 1. The van der Waals surface area contributed by atoms with E-state index in [0.717, 1.165) is 18.2 Å². The first kappa shape index (κ1) is 26.0. The van der Waals surface area contributed by atoms with Crippen LogP contribution in [0, 0.1) is 11.6 Å². The Bertz CT molecular complexity index is 1110. The molecule has 2 aromatic carbocycles. The lowest BCUT2D eigenvalue weighted by molar-refractivity contribution is -0.154. The van der Waals surface area contributed by atoms with Crippen LogP contribution in [0.5, 0.6) is 11.5 Å². The second-order valence-corrected chi connectivity index (χ2v) is 7.80. The molecule has 0 aliphatic heterocycles. The topological polar surface area (TPSA) is 102 Å². The molecule has 0 saturated heterocycles. The monoisotopic (exact) mass is 509 g/mol. The summed E-state index contributed by atoms with van der Waals surface area (Å²) in [5.41, 5.74) is -2.26. The summed E-state index contributed by atoms with van der Waals surface area (Å²) >= 11 is 0. The molecule has 0 aliphatic rings. The van der Waals surface area contributed by atoms with Crippen molar-refractivity contribution >= 4 is 21.7 Å². The molecule has 0 spiro atoms. The van der Waals surface area contributed by atoms with Gasteiger partial charge in [-0.1, -0.05) is 6.07 Å². The molecule has 0 saturated carbocycles. The fourth-order valence-electron chi connectivity index (χ4n) is 2.20. The largest absolute Gasteiger partial charge is 0.481 e. The highest BCUT2D eigenvalue weighted by atomic mass is 32.2. The van der Waals surface area contributed by atoms with Crippen LogP contribution in [0.15, 0.2) is 35.2 Å². The predicted molar refractivity (Wildman–Crippen MR) is 93.7 cm³/mol. The van der Waals surface area contributed by atoms with Crippen molar-refractivity contribution in [2.75, 3.05) is 17.9 Å². The van der Waals surface area contributed by atoms with Crippen LogP contribution >= 0.6 is 0 Å². The average molecular weight is 509 g/mol. The smallest absolute Gasteiger partial charge is 0.422 e. The number of carboxylic acid groups (broad SMARTS) is 1. The number of rotatable bonds is 8. The summed E-state index contributed by atoms with van der Waals surface area (Å²) in [5.74, 6) is -8.57. The summed E-state index contributed by atoms with van der Waals surface area (Å²) in [6.07, 6.45) is -10.1. The van der Waals surface area contributed by atoms with Crippen LogP contribution in [0.2, 0.25) is 0 Å². The third-order valence-electron chi connectivity index (χ3n) is 3.54. The Labute approximate surface area is 179 Å². The van der Waals surface area contributed by atoms with Gasteiger partial charge in [-0.25, -0.2) is 22.0 Å². The van der Waals surface area contributed by atoms with E-state index in [-0.39, 0.29) is 6.07 Å². The maximum atomic E-state index is 14.6. The first-order valence-corrected chi connectivity index (χ1v) is 9.76. The number of hydrogen-bond acceptors (Lipinski definition) is 5. The summed E-state index contributed by atoms with van der Waals surface area (Å²) in [6.45, 7) is -4.30. The third-order valence-corrected chi connectivity index (χ3v) is 4.89. The van der Waals surface area contributed by atoms with E-state index in [1.54, 1.807) is 0 Å². The van der Waals surface area contributed by atoms with Gasteiger partial charge in [0.05, 0.1) is 10.5 Å². The Morgan fingerprint density at radius 1 is 0.909 bits per heavy atom. The minimum absolute atomic E-state index is 0.0466. The third kappa shape index (κ3) is 7.10. The molecule has 2 rings (SSSR count). The number of benzene rings is 2. The van der Waals surface area contributed by atoms with Gasteiger partial charge in [0, 0.05) is 6.07 Å². The van der Waals surface area contributed by atoms with Gasteiger partial charge in [0.2, 0.25) is 0 Å². The molecule has 0 unspecified atom stereocenters. The number of anilines is 1. The van der Waals surface area contributed by atoms with Gasteiger partial charge in [0.1, 0.15) is 5.69 Å². The maximum absolute atomic E-state index is 14.6. The average Bonchev–Trinajstić information content (AvgIpc) is 2.68. The van der Waals surface area contributed by atoms with Crippen LogP contribution in [-0.2, 0) is 10.0 Å². The zero-order valence-corrected chi connectivity index (χ0v) is 16.5. The number of halogens is 8.